The van der Waals surface area contributed by atoms with E-state index in [4.69, 9.17) is 0 Å². The molecule has 162 valence electrons. The summed E-state index contributed by atoms with van der Waals surface area (Å²) < 4.78 is 1.81. The Morgan fingerprint density at radius 3 is 2.50 bits per heavy atom. The molecule has 1 aliphatic rings. The van der Waals surface area contributed by atoms with Gasteiger partial charge in [0, 0.05) is 19.1 Å². The summed E-state index contributed by atoms with van der Waals surface area (Å²) in [5.41, 5.74) is 2.58. The summed E-state index contributed by atoms with van der Waals surface area (Å²) in [5, 5.41) is 4.71. The molecule has 2 amide bonds. The van der Waals surface area contributed by atoms with Gasteiger partial charge in [0.05, 0.1) is 27.2 Å². The molecule has 1 fully saturated rings. The maximum Gasteiger partial charge on any atom is 0.326 e. The van der Waals surface area contributed by atoms with Gasteiger partial charge < -0.3 is 15.2 Å². The molecule has 2 aromatic carbocycles. The van der Waals surface area contributed by atoms with Crippen molar-refractivity contribution in [3.8, 4) is 0 Å². The molecular weight excluding hydrogens is 424 g/mol. The molecule has 2 aromatic heterocycles. The highest BCUT2D eigenvalue weighted by atomic mass is 32.1. The molecule has 7 nitrogen and oxygen atoms in total. The van der Waals surface area contributed by atoms with Crippen molar-refractivity contribution in [3.63, 3.8) is 0 Å². The number of amides is 2. The Bertz CT molecular complexity index is 1330. The summed E-state index contributed by atoms with van der Waals surface area (Å²) >= 11 is 1.36. The summed E-state index contributed by atoms with van der Waals surface area (Å²) in [6.07, 6.45) is 1.38. The van der Waals surface area contributed by atoms with Gasteiger partial charge in [-0.3, -0.25) is 14.2 Å². The first-order valence-corrected chi connectivity index (χ1v) is 11.4. The van der Waals surface area contributed by atoms with Crippen LogP contribution in [0.5, 0.6) is 0 Å². The van der Waals surface area contributed by atoms with Crippen LogP contribution in [0, 0.1) is 0 Å². The van der Waals surface area contributed by atoms with Crippen molar-refractivity contribution in [1.82, 2.24) is 14.5 Å². The van der Waals surface area contributed by atoms with Crippen molar-refractivity contribution < 1.29 is 9.59 Å². The van der Waals surface area contributed by atoms with Crippen LogP contribution in [0.2, 0.25) is 0 Å². The molecule has 0 bridgehead atoms. The number of aromatic amines is 1. The predicted octanol–water partition coefficient (Wildman–Crippen LogP) is 4.12. The van der Waals surface area contributed by atoms with E-state index in [1.807, 2.05) is 40.3 Å². The van der Waals surface area contributed by atoms with E-state index in [2.05, 4.69) is 10.3 Å². The molecule has 5 rings (SSSR count). The Morgan fingerprint density at radius 1 is 0.969 bits per heavy atom. The van der Waals surface area contributed by atoms with E-state index in [0.29, 0.717) is 42.1 Å². The lowest BCUT2D eigenvalue weighted by Gasteiger charge is -2.33. The average molecular weight is 447 g/mol. The summed E-state index contributed by atoms with van der Waals surface area (Å²) in [7, 11) is 0. The second-order valence-corrected chi connectivity index (χ2v) is 8.77. The molecule has 8 heteroatoms. The SMILES string of the molecule is O=C(Nc1ccccc1C(=O)N1CCC(n2c(=O)[nH]c3ccccc32)CC1)c1cccs1. The van der Waals surface area contributed by atoms with Crippen LogP contribution >= 0.6 is 11.3 Å². The number of nitrogens with zero attached hydrogens (tertiary/aromatic N) is 2. The third-order valence-electron chi connectivity index (χ3n) is 5.89. The molecule has 1 aliphatic heterocycles. The molecule has 32 heavy (non-hydrogen) atoms. The fraction of sp³-hybridized carbons (Fsp3) is 0.208. The molecule has 0 aliphatic carbocycles. The number of rotatable bonds is 4. The number of benzene rings is 2. The van der Waals surface area contributed by atoms with Crippen LogP contribution in [-0.2, 0) is 0 Å². The van der Waals surface area contributed by atoms with E-state index < -0.39 is 0 Å². The normalized spacial score (nSPS) is 14.6. The van der Waals surface area contributed by atoms with Crippen molar-refractivity contribution in [2.24, 2.45) is 0 Å². The molecule has 0 atom stereocenters. The molecule has 1 saturated heterocycles. The van der Waals surface area contributed by atoms with Gasteiger partial charge in [-0.15, -0.1) is 11.3 Å². The predicted molar refractivity (Wildman–Crippen MR) is 125 cm³/mol. The highest BCUT2D eigenvalue weighted by molar-refractivity contribution is 7.12. The van der Waals surface area contributed by atoms with Gasteiger partial charge in [-0.2, -0.15) is 0 Å². The monoisotopic (exact) mass is 446 g/mol. The number of H-pyrrole nitrogens is 1. The van der Waals surface area contributed by atoms with Gasteiger partial charge >= 0.3 is 5.69 Å². The molecule has 0 radical (unpaired) electrons. The number of imidazole rings is 1. The van der Waals surface area contributed by atoms with Crippen LogP contribution in [0.3, 0.4) is 0 Å². The molecule has 4 aromatic rings. The number of piperidine rings is 1. The van der Waals surface area contributed by atoms with Crippen LogP contribution < -0.4 is 11.0 Å². The number of hydrogen-bond donors (Lipinski definition) is 2. The van der Waals surface area contributed by atoms with Crippen LogP contribution in [0.15, 0.2) is 70.8 Å². The zero-order chi connectivity index (χ0) is 22.1. The van der Waals surface area contributed by atoms with Crippen molar-refractivity contribution in [2.45, 2.75) is 18.9 Å². The Labute approximate surface area is 188 Å². The van der Waals surface area contributed by atoms with Gasteiger partial charge in [-0.25, -0.2) is 4.79 Å². The third kappa shape index (κ3) is 3.73. The minimum absolute atomic E-state index is 0.0384. The van der Waals surface area contributed by atoms with Crippen molar-refractivity contribution in [2.75, 3.05) is 18.4 Å². The minimum atomic E-state index is -0.224. The second-order valence-electron chi connectivity index (χ2n) is 7.82. The summed E-state index contributed by atoms with van der Waals surface area (Å²) in [5.74, 6) is -0.338. The summed E-state index contributed by atoms with van der Waals surface area (Å²) in [6.45, 7) is 1.09. The van der Waals surface area contributed by atoms with Gasteiger partial charge in [0.15, 0.2) is 0 Å². The second kappa shape index (κ2) is 8.47. The molecule has 0 saturated carbocycles. The number of anilines is 1. The Kier molecular flexibility index (Phi) is 5.36. The number of nitrogens with one attached hydrogen (secondary N) is 2. The van der Waals surface area contributed by atoms with Crippen LogP contribution in [-0.4, -0.2) is 39.4 Å². The van der Waals surface area contributed by atoms with Gasteiger partial charge in [0.25, 0.3) is 11.8 Å². The van der Waals surface area contributed by atoms with Crippen LogP contribution in [0.1, 0.15) is 38.9 Å². The minimum Gasteiger partial charge on any atom is -0.338 e. The van der Waals surface area contributed by atoms with Gasteiger partial charge in [0.2, 0.25) is 0 Å². The zero-order valence-corrected chi connectivity index (χ0v) is 18.1. The van der Waals surface area contributed by atoms with E-state index in [9.17, 15) is 14.4 Å². The van der Waals surface area contributed by atoms with Crippen molar-refractivity contribution >= 4 is 39.9 Å². The van der Waals surface area contributed by atoms with E-state index in [0.717, 1.165) is 11.0 Å². The lowest BCUT2D eigenvalue weighted by Crippen LogP contribution is -2.40. The van der Waals surface area contributed by atoms with Crippen molar-refractivity contribution in [1.29, 1.82) is 0 Å². The van der Waals surface area contributed by atoms with E-state index in [1.165, 1.54) is 11.3 Å². The number of thiophene rings is 1. The van der Waals surface area contributed by atoms with Crippen LogP contribution in [0.4, 0.5) is 5.69 Å². The quantitative estimate of drug-likeness (QED) is 0.494. The fourth-order valence-electron chi connectivity index (χ4n) is 4.30. The smallest absolute Gasteiger partial charge is 0.326 e. The number of para-hydroxylation sites is 3. The molecule has 2 N–H and O–H groups in total. The number of carbonyl (C=O) groups excluding carboxylic acids is 2. The molecule has 0 spiro atoms. The lowest BCUT2D eigenvalue weighted by molar-refractivity contribution is 0.0696. The first-order valence-electron chi connectivity index (χ1n) is 10.5. The summed E-state index contributed by atoms with van der Waals surface area (Å²) in [4.78, 5) is 43.6. The Balaban J connectivity index is 1.31. The number of likely N-dealkylation sites (tertiary alicyclic amines) is 1. The maximum atomic E-state index is 13.3. The zero-order valence-electron chi connectivity index (χ0n) is 17.3. The Hall–Kier alpha value is -3.65. The van der Waals surface area contributed by atoms with Crippen LogP contribution in [0.25, 0.3) is 11.0 Å². The largest absolute Gasteiger partial charge is 0.338 e. The number of hydrogen-bond acceptors (Lipinski definition) is 4. The average Bonchev–Trinajstić information content (AvgIpc) is 3.47. The summed E-state index contributed by atoms with van der Waals surface area (Å²) in [6, 6.07) is 18.4. The first kappa shape index (κ1) is 20.3. The molecule has 0 unspecified atom stereocenters. The molecule has 3 heterocycles. The maximum absolute atomic E-state index is 13.3. The lowest BCUT2D eigenvalue weighted by atomic mass is 10.0. The standard InChI is InChI=1S/C24H22N4O3S/c29-22(21-10-5-15-32-21)25-18-7-2-1-6-17(18)23(30)27-13-11-16(12-14-27)28-20-9-4-3-8-19(20)26-24(28)31/h1-10,15-16H,11-14H2,(H,25,29)(H,26,31). The third-order valence-corrected chi connectivity index (χ3v) is 6.76. The highest BCUT2D eigenvalue weighted by Crippen LogP contribution is 2.27. The topological polar surface area (TPSA) is 87.2 Å². The fourth-order valence-corrected chi connectivity index (χ4v) is 4.92. The van der Waals surface area contributed by atoms with E-state index in [-0.39, 0.29) is 23.5 Å². The van der Waals surface area contributed by atoms with Gasteiger partial charge in [-0.05, 0) is 48.6 Å². The Morgan fingerprint density at radius 2 is 1.72 bits per heavy atom. The molecular formula is C24H22N4O3S. The van der Waals surface area contributed by atoms with Gasteiger partial charge in [-0.1, -0.05) is 30.3 Å². The highest BCUT2D eigenvalue weighted by Gasteiger charge is 2.28. The number of aromatic nitrogens is 2. The number of carbonyl (C=O) groups is 2. The van der Waals surface area contributed by atoms with E-state index in [1.54, 1.807) is 35.2 Å². The number of fused-ring (bicyclic) bond motifs is 1. The first-order chi connectivity index (χ1) is 15.6. The van der Waals surface area contributed by atoms with Crippen molar-refractivity contribution in [3.05, 3.63) is 87.0 Å². The van der Waals surface area contributed by atoms with Gasteiger partial charge in [0.1, 0.15) is 0 Å². The van der Waals surface area contributed by atoms with E-state index >= 15 is 0 Å².